The summed E-state index contributed by atoms with van der Waals surface area (Å²) in [6.07, 6.45) is -4.97. The van der Waals surface area contributed by atoms with Crippen molar-refractivity contribution in [2.24, 2.45) is 0 Å². The lowest BCUT2D eigenvalue weighted by Gasteiger charge is -2.23. The molecule has 0 spiro atoms. The number of alkyl halides is 3. The molecule has 6 nitrogen and oxygen atoms in total. The Morgan fingerprint density at radius 3 is 2.47 bits per heavy atom. The number of aryl methyl sites for hydroxylation is 2. The van der Waals surface area contributed by atoms with Crippen molar-refractivity contribution in [2.45, 2.75) is 40.3 Å². The number of hydrogen-bond acceptors (Lipinski definition) is 4. The van der Waals surface area contributed by atoms with Crippen molar-refractivity contribution >= 4 is 23.5 Å². The van der Waals surface area contributed by atoms with Gasteiger partial charge in [-0.15, -0.1) is 0 Å². The van der Waals surface area contributed by atoms with Crippen LogP contribution in [0.15, 0.2) is 18.2 Å². The molecule has 2 aromatic rings. The van der Waals surface area contributed by atoms with E-state index in [4.69, 9.17) is 11.6 Å². The van der Waals surface area contributed by atoms with Crippen LogP contribution in [0.25, 0.3) is 5.69 Å². The molecule has 1 heterocycles. The molecule has 1 aromatic heterocycles. The second-order valence-electron chi connectivity index (χ2n) is 6.84. The van der Waals surface area contributed by atoms with E-state index >= 15 is 0 Å². The van der Waals surface area contributed by atoms with Crippen molar-refractivity contribution < 1.29 is 27.5 Å². The Labute approximate surface area is 177 Å². The zero-order chi connectivity index (χ0) is 22.6. The average molecular weight is 446 g/mol. The van der Waals surface area contributed by atoms with Gasteiger partial charge in [0, 0.05) is 16.3 Å². The predicted octanol–water partition coefficient (Wildman–Crippen LogP) is 3.95. The van der Waals surface area contributed by atoms with Crippen molar-refractivity contribution in [1.82, 2.24) is 14.7 Å². The van der Waals surface area contributed by atoms with E-state index in [0.717, 1.165) is 5.56 Å². The molecule has 0 saturated heterocycles. The van der Waals surface area contributed by atoms with E-state index in [1.807, 2.05) is 19.1 Å². The molecule has 1 aromatic carbocycles. The van der Waals surface area contributed by atoms with Crippen LogP contribution in [0.2, 0.25) is 5.02 Å². The highest BCUT2D eigenvalue weighted by molar-refractivity contribution is 6.31. The molecule has 0 aliphatic heterocycles. The minimum absolute atomic E-state index is 0.0109. The van der Waals surface area contributed by atoms with Crippen molar-refractivity contribution in [2.75, 3.05) is 19.7 Å². The Bertz CT molecular complexity index is 941. The predicted molar refractivity (Wildman–Crippen MR) is 106 cm³/mol. The number of halogens is 4. The summed E-state index contributed by atoms with van der Waals surface area (Å²) in [4.78, 5) is 24.8. The van der Waals surface area contributed by atoms with E-state index in [9.17, 15) is 22.8 Å². The number of nitrogens with zero attached hydrogens (tertiary/aromatic N) is 3. The van der Waals surface area contributed by atoms with Gasteiger partial charge in [-0.25, -0.2) is 4.68 Å². The van der Waals surface area contributed by atoms with Gasteiger partial charge in [0.2, 0.25) is 5.91 Å². The molecule has 0 aliphatic rings. The third-order valence-electron chi connectivity index (χ3n) is 4.52. The summed E-state index contributed by atoms with van der Waals surface area (Å²) < 4.78 is 45.0. The van der Waals surface area contributed by atoms with Crippen LogP contribution in [0.5, 0.6) is 0 Å². The third kappa shape index (κ3) is 5.98. The maximum atomic E-state index is 12.9. The van der Waals surface area contributed by atoms with Crippen LogP contribution in [0.1, 0.15) is 29.4 Å². The molecular weight excluding hydrogens is 423 g/mol. The molecule has 0 radical (unpaired) electrons. The number of carbonyl (C=O) groups excluding carboxylic acids is 2. The number of esters is 1. The summed E-state index contributed by atoms with van der Waals surface area (Å²) in [5.74, 6) is -1.73. The summed E-state index contributed by atoms with van der Waals surface area (Å²) in [6, 6.07) is 5.35. The molecule has 0 aliphatic carbocycles. The number of rotatable bonds is 7. The summed E-state index contributed by atoms with van der Waals surface area (Å²) in [6.45, 7) is 4.48. The van der Waals surface area contributed by atoms with E-state index in [-0.39, 0.29) is 13.0 Å². The molecular formula is C20H23ClF3N3O3. The topological polar surface area (TPSA) is 64.4 Å². The molecule has 0 atom stereocenters. The third-order valence-corrected chi connectivity index (χ3v) is 4.92. The SMILES string of the molecule is CCOC(=O)CN(CC(F)(F)F)C(=O)Cc1c(C)nn(-c2ccc(C)c(Cl)c2)c1C. The van der Waals surface area contributed by atoms with Gasteiger partial charge in [0.05, 0.1) is 24.4 Å². The summed E-state index contributed by atoms with van der Waals surface area (Å²) in [5, 5.41) is 4.95. The number of hydrogen-bond donors (Lipinski definition) is 0. The highest BCUT2D eigenvalue weighted by Crippen LogP contribution is 2.24. The fourth-order valence-corrected chi connectivity index (χ4v) is 3.14. The van der Waals surface area contributed by atoms with Crippen LogP contribution in [0.4, 0.5) is 13.2 Å². The van der Waals surface area contributed by atoms with Crippen LogP contribution >= 0.6 is 11.6 Å². The molecule has 30 heavy (non-hydrogen) atoms. The van der Waals surface area contributed by atoms with E-state index in [2.05, 4.69) is 9.84 Å². The molecule has 0 saturated carbocycles. The van der Waals surface area contributed by atoms with Crippen LogP contribution in [0.3, 0.4) is 0 Å². The fourth-order valence-electron chi connectivity index (χ4n) is 2.97. The molecule has 10 heteroatoms. The molecule has 0 bridgehead atoms. The molecule has 0 fully saturated rings. The first-order valence-electron chi connectivity index (χ1n) is 9.24. The zero-order valence-electron chi connectivity index (χ0n) is 17.1. The number of aromatic nitrogens is 2. The second-order valence-corrected chi connectivity index (χ2v) is 7.25. The van der Waals surface area contributed by atoms with E-state index in [1.165, 1.54) is 6.92 Å². The average Bonchev–Trinajstić information content (AvgIpc) is 2.90. The van der Waals surface area contributed by atoms with Crippen LogP contribution in [0, 0.1) is 20.8 Å². The van der Waals surface area contributed by atoms with E-state index in [0.29, 0.717) is 32.6 Å². The van der Waals surface area contributed by atoms with Gasteiger partial charge in [-0.05, 0) is 45.4 Å². The van der Waals surface area contributed by atoms with Gasteiger partial charge in [-0.1, -0.05) is 17.7 Å². The lowest BCUT2D eigenvalue weighted by Crippen LogP contribution is -2.43. The number of ether oxygens (including phenoxy) is 1. The normalized spacial score (nSPS) is 11.5. The second kappa shape index (κ2) is 9.51. The fraction of sp³-hybridized carbons (Fsp3) is 0.450. The van der Waals surface area contributed by atoms with Gasteiger partial charge in [-0.2, -0.15) is 18.3 Å². The lowest BCUT2D eigenvalue weighted by molar-refractivity contribution is -0.167. The molecule has 0 unspecified atom stereocenters. The standard InChI is InChI=1S/C20H23ClF3N3O3/c1-5-30-19(29)10-26(11-20(22,23)24)18(28)9-16-13(3)25-27(14(16)4)15-7-6-12(2)17(21)8-15/h6-8H,5,9-11H2,1-4H3. The maximum absolute atomic E-state index is 12.9. The molecule has 1 amide bonds. The van der Waals surface area contributed by atoms with Crippen molar-refractivity contribution in [3.05, 3.63) is 45.7 Å². The minimum Gasteiger partial charge on any atom is -0.465 e. The van der Waals surface area contributed by atoms with Crippen molar-refractivity contribution in [1.29, 1.82) is 0 Å². The van der Waals surface area contributed by atoms with Gasteiger partial charge >= 0.3 is 12.1 Å². The summed E-state index contributed by atoms with van der Waals surface area (Å²) in [7, 11) is 0. The Morgan fingerprint density at radius 2 is 1.90 bits per heavy atom. The highest BCUT2D eigenvalue weighted by Gasteiger charge is 2.34. The van der Waals surface area contributed by atoms with Crippen LogP contribution < -0.4 is 0 Å². The van der Waals surface area contributed by atoms with Crippen LogP contribution in [-0.4, -0.2) is 52.4 Å². The zero-order valence-corrected chi connectivity index (χ0v) is 17.9. The van der Waals surface area contributed by atoms with E-state index < -0.39 is 31.1 Å². The Balaban J connectivity index is 2.30. The Morgan fingerprint density at radius 1 is 1.23 bits per heavy atom. The molecule has 0 N–H and O–H groups in total. The Hall–Kier alpha value is -2.55. The van der Waals surface area contributed by atoms with Gasteiger partial charge < -0.3 is 9.64 Å². The number of carbonyl (C=O) groups is 2. The Kier molecular flexibility index (Phi) is 7.52. The molecule has 164 valence electrons. The first-order chi connectivity index (χ1) is 13.9. The maximum Gasteiger partial charge on any atom is 0.406 e. The first kappa shape index (κ1) is 23.7. The van der Waals surface area contributed by atoms with Gasteiger partial charge in [0.15, 0.2) is 0 Å². The summed E-state index contributed by atoms with van der Waals surface area (Å²) >= 11 is 6.17. The monoisotopic (exact) mass is 445 g/mol. The minimum atomic E-state index is -4.64. The summed E-state index contributed by atoms with van der Waals surface area (Å²) in [5.41, 5.74) is 3.15. The van der Waals surface area contributed by atoms with Crippen molar-refractivity contribution in [3.8, 4) is 5.69 Å². The van der Waals surface area contributed by atoms with Gasteiger partial charge in [-0.3, -0.25) is 9.59 Å². The van der Waals surface area contributed by atoms with Gasteiger partial charge in [0.1, 0.15) is 13.1 Å². The highest BCUT2D eigenvalue weighted by atomic mass is 35.5. The largest absolute Gasteiger partial charge is 0.465 e. The smallest absolute Gasteiger partial charge is 0.406 e. The van der Waals surface area contributed by atoms with E-state index in [1.54, 1.807) is 24.6 Å². The van der Waals surface area contributed by atoms with Crippen LogP contribution in [-0.2, 0) is 20.7 Å². The number of amides is 1. The first-order valence-corrected chi connectivity index (χ1v) is 9.62. The lowest BCUT2D eigenvalue weighted by atomic mass is 10.1. The quantitative estimate of drug-likeness (QED) is 0.605. The molecule has 2 rings (SSSR count). The van der Waals surface area contributed by atoms with Crippen molar-refractivity contribution in [3.63, 3.8) is 0 Å². The van der Waals surface area contributed by atoms with Gasteiger partial charge in [0.25, 0.3) is 0 Å². The number of benzene rings is 1.